The third kappa shape index (κ3) is 72.4. The Morgan fingerprint density at radius 2 is 0.469 bits per heavy atom. The second kappa shape index (κ2) is 70.7. The van der Waals surface area contributed by atoms with Crippen LogP contribution in [-0.4, -0.2) is 96.7 Å². The van der Waals surface area contributed by atoms with Crippen molar-refractivity contribution in [1.82, 2.24) is 0 Å². The summed E-state index contributed by atoms with van der Waals surface area (Å²) in [4.78, 5) is 72.9. The SMILES string of the molecule is CCCCCCCCCCCCCCCCCCCC(=O)OC[C@H](COP(=O)(O)OC[C@@H](O)COP(=O)(O)OC[C@@H](COC(=O)CCCCCCCCCC(C)C)OC(=O)CCCCCCCCCCCCCCCC)OC(=O)CCCCCCCCCCCCCCCCC(C)C. The van der Waals surface area contributed by atoms with Crippen molar-refractivity contribution in [3.05, 3.63) is 0 Å². The fourth-order valence-corrected chi connectivity index (χ4v) is 13.8. The molecule has 0 saturated carbocycles. The van der Waals surface area contributed by atoms with Crippen LogP contribution in [0.5, 0.6) is 0 Å². The number of hydrogen-bond acceptors (Lipinski definition) is 15. The van der Waals surface area contributed by atoms with Crippen molar-refractivity contribution in [3.8, 4) is 0 Å². The van der Waals surface area contributed by atoms with E-state index in [1.807, 2.05) is 0 Å². The van der Waals surface area contributed by atoms with Crippen molar-refractivity contribution in [3.63, 3.8) is 0 Å². The molecule has 5 atom stereocenters. The van der Waals surface area contributed by atoms with Gasteiger partial charge in [-0.05, 0) is 37.5 Å². The van der Waals surface area contributed by atoms with Crippen molar-refractivity contribution >= 4 is 39.5 Å². The van der Waals surface area contributed by atoms with Gasteiger partial charge in [0.25, 0.3) is 0 Å². The van der Waals surface area contributed by atoms with Gasteiger partial charge in [0.05, 0.1) is 26.4 Å². The Kier molecular flexibility index (Phi) is 69.3. The van der Waals surface area contributed by atoms with Gasteiger partial charge in [-0.15, -0.1) is 0 Å². The van der Waals surface area contributed by atoms with E-state index >= 15 is 0 Å². The molecule has 17 nitrogen and oxygen atoms in total. The van der Waals surface area contributed by atoms with Crippen LogP contribution in [0.1, 0.15) is 414 Å². The molecule has 0 amide bonds. The van der Waals surface area contributed by atoms with Crippen LogP contribution in [-0.2, 0) is 65.4 Å². The minimum atomic E-state index is -4.96. The number of aliphatic hydroxyl groups is 1. The molecule has 0 saturated heterocycles. The maximum absolute atomic E-state index is 13.1. The van der Waals surface area contributed by atoms with Crippen LogP contribution in [0.2, 0.25) is 0 Å². The summed E-state index contributed by atoms with van der Waals surface area (Å²) in [5.74, 6) is -0.610. The number of hydrogen-bond donors (Lipinski definition) is 3. The first-order valence-corrected chi connectivity index (χ1v) is 44.0. The molecular formula is C79H154O17P2. The quantitative estimate of drug-likeness (QED) is 0.0222. The lowest BCUT2D eigenvalue weighted by Crippen LogP contribution is -2.30. The number of ether oxygens (including phenoxy) is 4. The predicted octanol–water partition coefficient (Wildman–Crippen LogP) is 23.5. The largest absolute Gasteiger partial charge is 0.472 e. The molecule has 0 aromatic rings. The summed E-state index contributed by atoms with van der Waals surface area (Å²) in [6.45, 7) is 9.59. The van der Waals surface area contributed by atoms with Crippen molar-refractivity contribution in [1.29, 1.82) is 0 Å². The van der Waals surface area contributed by atoms with Gasteiger partial charge in [0.1, 0.15) is 19.3 Å². The van der Waals surface area contributed by atoms with Crippen LogP contribution in [0.3, 0.4) is 0 Å². The summed E-state index contributed by atoms with van der Waals surface area (Å²) in [5, 5.41) is 10.6. The van der Waals surface area contributed by atoms with Gasteiger partial charge in [-0.1, -0.05) is 363 Å². The summed E-state index contributed by atoms with van der Waals surface area (Å²) in [5.41, 5.74) is 0. The maximum Gasteiger partial charge on any atom is 0.472 e. The van der Waals surface area contributed by atoms with Gasteiger partial charge >= 0.3 is 39.5 Å². The zero-order valence-corrected chi connectivity index (χ0v) is 65.9. The molecule has 0 aliphatic rings. The Balaban J connectivity index is 5.24. The highest BCUT2D eigenvalue weighted by Crippen LogP contribution is 2.45. The number of carbonyl (C=O) groups excluding carboxylic acids is 4. The van der Waals surface area contributed by atoms with Crippen LogP contribution >= 0.6 is 15.6 Å². The number of phosphoric ester groups is 2. The van der Waals surface area contributed by atoms with E-state index in [-0.39, 0.29) is 25.7 Å². The van der Waals surface area contributed by atoms with Crippen molar-refractivity contribution in [2.75, 3.05) is 39.6 Å². The third-order valence-electron chi connectivity index (χ3n) is 18.5. The third-order valence-corrected chi connectivity index (χ3v) is 20.4. The maximum atomic E-state index is 13.1. The van der Waals surface area contributed by atoms with E-state index in [9.17, 15) is 43.2 Å². The van der Waals surface area contributed by atoms with E-state index in [1.165, 1.54) is 225 Å². The molecule has 2 unspecified atom stereocenters. The minimum Gasteiger partial charge on any atom is -0.462 e. The molecule has 98 heavy (non-hydrogen) atoms. The van der Waals surface area contributed by atoms with Gasteiger partial charge in [-0.2, -0.15) is 0 Å². The van der Waals surface area contributed by atoms with Crippen molar-refractivity contribution in [2.45, 2.75) is 432 Å². The summed E-state index contributed by atoms with van der Waals surface area (Å²) in [7, 11) is -9.92. The molecule has 0 aliphatic heterocycles. The lowest BCUT2D eigenvalue weighted by Gasteiger charge is -2.21. The van der Waals surface area contributed by atoms with Crippen molar-refractivity contribution in [2.24, 2.45) is 11.8 Å². The second-order valence-electron chi connectivity index (χ2n) is 29.4. The Bertz CT molecular complexity index is 1890. The molecule has 0 heterocycles. The van der Waals surface area contributed by atoms with Crippen LogP contribution in [0.25, 0.3) is 0 Å². The zero-order valence-electron chi connectivity index (χ0n) is 64.1. The number of aliphatic hydroxyl groups excluding tert-OH is 1. The first-order valence-electron chi connectivity index (χ1n) is 41.0. The molecule has 0 rings (SSSR count). The van der Waals surface area contributed by atoms with Crippen LogP contribution < -0.4 is 0 Å². The number of phosphoric acid groups is 2. The van der Waals surface area contributed by atoms with Gasteiger partial charge in [0, 0.05) is 25.7 Å². The highest BCUT2D eigenvalue weighted by atomic mass is 31.2. The second-order valence-corrected chi connectivity index (χ2v) is 32.3. The van der Waals surface area contributed by atoms with Crippen LogP contribution in [0.15, 0.2) is 0 Å². The van der Waals surface area contributed by atoms with Gasteiger partial charge in [0.2, 0.25) is 0 Å². The average Bonchev–Trinajstić information content (AvgIpc) is 1.01. The number of unbranched alkanes of at least 4 members (excludes halogenated alkanes) is 48. The zero-order chi connectivity index (χ0) is 72.1. The summed E-state index contributed by atoms with van der Waals surface area (Å²) in [6, 6.07) is 0. The highest BCUT2D eigenvalue weighted by molar-refractivity contribution is 7.47. The monoisotopic (exact) mass is 1440 g/mol. The smallest absolute Gasteiger partial charge is 0.462 e. The van der Waals surface area contributed by atoms with E-state index in [4.69, 9.17) is 37.0 Å². The normalized spacial score (nSPS) is 13.9. The Hall–Kier alpha value is -1.94. The molecule has 0 bridgehead atoms. The van der Waals surface area contributed by atoms with E-state index in [2.05, 4.69) is 41.5 Å². The molecule has 0 radical (unpaired) electrons. The van der Waals surface area contributed by atoms with E-state index in [1.54, 1.807) is 0 Å². The standard InChI is InChI=1S/C79H154O17P2/c1-7-9-11-13-15-17-19-21-23-24-25-30-33-37-43-49-55-61-76(81)89-67-74(95-78(83)64-58-52-45-39-35-31-27-26-28-32-36-41-47-53-59-71(3)4)69-93-97(85,86)91-65-73(80)66-92-98(87,88)94-70-75(68-90-77(82)62-56-50-46-40-42-48-54-60-72(5)6)96-79(84)63-57-51-44-38-34-29-22-20-18-16-14-12-10-8-2/h71-75,80H,7-70H2,1-6H3,(H,85,86)(H,87,88)/t73-,74-,75-/m1/s1. The van der Waals surface area contributed by atoms with Gasteiger partial charge in [0.15, 0.2) is 12.2 Å². The lowest BCUT2D eigenvalue weighted by molar-refractivity contribution is -0.161. The topological polar surface area (TPSA) is 237 Å². The molecule has 0 aromatic carbocycles. The molecule has 0 fully saturated rings. The van der Waals surface area contributed by atoms with E-state index in [0.29, 0.717) is 31.6 Å². The molecule has 0 aliphatic carbocycles. The summed E-state index contributed by atoms with van der Waals surface area (Å²) in [6.07, 6.45) is 59.7. The van der Waals surface area contributed by atoms with Gasteiger partial charge in [-0.3, -0.25) is 37.3 Å². The molecule has 0 spiro atoms. The first kappa shape index (κ1) is 96.1. The van der Waals surface area contributed by atoms with Gasteiger partial charge in [-0.25, -0.2) is 9.13 Å². The molecule has 582 valence electrons. The van der Waals surface area contributed by atoms with E-state index < -0.39 is 97.5 Å². The molecular weight excluding hydrogens is 1280 g/mol. The van der Waals surface area contributed by atoms with Crippen LogP contribution in [0.4, 0.5) is 0 Å². The number of rotatable bonds is 78. The molecule has 3 N–H and O–H groups in total. The molecule has 19 heteroatoms. The van der Waals surface area contributed by atoms with Gasteiger partial charge < -0.3 is 33.8 Å². The van der Waals surface area contributed by atoms with Crippen molar-refractivity contribution < 1.29 is 80.2 Å². The number of esters is 4. The average molecular weight is 1440 g/mol. The van der Waals surface area contributed by atoms with E-state index in [0.717, 1.165) is 102 Å². The Morgan fingerprint density at radius 1 is 0.276 bits per heavy atom. The first-order chi connectivity index (χ1) is 47.4. The molecule has 0 aromatic heterocycles. The van der Waals surface area contributed by atoms with Crippen LogP contribution in [0, 0.1) is 11.8 Å². The summed E-state index contributed by atoms with van der Waals surface area (Å²) >= 11 is 0. The minimum absolute atomic E-state index is 0.107. The predicted molar refractivity (Wildman–Crippen MR) is 400 cm³/mol. The fourth-order valence-electron chi connectivity index (χ4n) is 12.2. The number of carbonyl (C=O) groups is 4. The fraction of sp³-hybridized carbons (Fsp3) is 0.949. The Labute approximate surface area is 600 Å². The summed E-state index contributed by atoms with van der Waals surface area (Å²) < 4.78 is 68.6. The Morgan fingerprint density at radius 3 is 0.694 bits per heavy atom. The highest BCUT2D eigenvalue weighted by Gasteiger charge is 2.30. The lowest BCUT2D eigenvalue weighted by atomic mass is 10.0.